The first-order valence-electron chi connectivity index (χ1n) is 7.26. The molecule has 1 heterocycles. The van der Waals surface area contributed by atoms with Gasteiger partial charge in [0.15, 0.2) is 0 Å². The number of hydrogen-bond acceptors (Lipinski definition) is 2. The van der Waals surface area contributed by atoms with E-state index in [-0.39, 0.29) is 0 Å². The Morgan fingerprint density at radius 3 is 2.71 bits per heavy atom. The van der Waals surface area contributed by atoms with E-state index in [4.69, 9.17) is 23.2 Å². The van der Waals surface area contributed by atoms with Gasteiger partial charge in [-0.3, -0.25) is 4.98 Å². The Labute approximate surface area is 136 Å². The van der Waals surface area contributed by atoms with E-state index in [0.717, 1.165) is 31.4 Å². The zero-order valence-electron chi connectivity index (χ0n) is 12.2. The molecule has 1 N–H and O–H groups in total. The molecular weight excluding hydrogens is 303 g/mol. The van der Waals surface area contributed by atoms with Gasteiger partial charge in [-0.15, -0.1) is 0 Å². The van der Waals surface area contributed by atoms with E-state index in [1.807, 2.05) is 30.5 Å². The van der Waals surface area contributed by atoms with Gasteiger partial charge in [0.1, 0.15) is 0 Å². The zero-order chi connectivity index (χ0) is 15.1. The Bertz CT molecular complexity index is 558. The molecule has 2 aromatic rings. The second kappa shape index (κ2) is 8.38. The van der Waals surface area contributed by atoms with Crippen LogP contribution in [0.4, 0.5) is 0 Å². The summed E-state index contributed by atoms with van der Waals surface area (Å²) in [7, 11) is 0. The summed E-state index contributed by atoms with van der Waals surface area (Å²) in [5, 5.41) is 4.86. The van der Waals surface area contributed by atoms with Gasteiger partial charge in [0.25, 0.3) is 0 Å². The summed E-state index contributed by atoms with van der Waals surface area (Å²) in [4.78, 5) is 4.18. The summed E-state index contributed by atoms with van der Waals surface area (Å²) < 4.78 is 0. The van der Waals surface area contributed by atoms with Gasteiger partial charge < -0.3 is 5.32 Å². The van der Waals surface area contributed by atoms with E-state index in [0.29, 0.717) is 16.1 Å². The van der Waals surface area contributed by atoms with E-state index in [2.05, 4.69) is 23.3 Å². The van der Waals surface area contributed by atoms with Crippen molar-refractivity contribution in [1.29, 1.82) is 0 Å². The van der Waals surface area contributed by atoms with Gasteiger partial charge in [0.2, 0.25) is 0 Å². The topological polar surface area (TPSA) is 24.9 Å². The van der Waals surface area contributed by atoms with Crippen molar-refractivity contribution in [2.24, 2.45) is 0 Å². The lowest BCUT2D eigenvalue weighted by atomic mass is 9.99. The van der Waals surface area contributed by atoms with Crippen LogP contribution in [0.15, 0.2) is 42.7 Å². The Morgan fingerprint density at radius 1 is 1.14 bits per heavy atom. The van der Waals surface area contributed by atoms with Crippen LogP contribution in [-0.4, -0.2) is 17.6 Å². The average Bonchev–Trinajstić information content (AvgIpc) is 2.50. The maximum absolute atomic E-state index is 6.30. The van der Waals surface area contributed by atoms with Crippen LogP contribution < -0.4 is 5.32 Å². The van der Waals surface area contributed by atoms with Gasteiger partial charge >= 0.3 is 0 Å². The molecule has 0 aliphatic rings. The van der Waals surface area contributed by atoms with Crippen LogP contribution >= 0.6 is 23.2 Å². The zero-order valence-corrected chi connectivity index (χ0v) is 13.7. The standard InChI is InChI=1S/C17H20Cl2N2/c1-2-8-21-15(10-13-5-4-9-20-12-13)11-14-6-3-7-16(18)17(14)19/h3-7,9,12,15,21H,2,8,10-11H2,1H3. The predicted octanol–water partition coefficient (Wildman–Crippen LogP) is 4.54. The van der Waals surface area contributed by atoms with E-state index < -0.39 is 0 Å². The second-order valence-corrected chi connectivity index (χ2v) is 5.92. The SMILES string of the molecule is CCCNC(Cc1cccnc1)Cc1cccc(Cl)c1Cl. The largest absolute Gasteiger partial charge is 0.313 e. The summed E-state index contributed by atoms with van der Waals surface area (Å²) in [6.07, 6.45) is 6.60. The monoisotopic (exact) mass is 322 g/mol. The molecule has 0 aliphatic carbocycles. The Morgan fingerprint density at radius 2 is 2.00 bits per heavy atom. The maximum Gasteiger partial charge on any atom is 0.0624 e. The molecule has 0 saturated heterocycles. The minimum atomic E-state index is 0.324. The Kier molecular flexibility index (Phi) is 6.50. The van der Waals surface area contributed by atoms with Crippen molar-refractivity contribution >= 4 is 23.2 Å². The third-order valence-corrected chi connectivity index (χ3v) is 4.24. The number of rotatable bonds is 7. The number of nitrogens with zero attached hydrogens (tertiary/aromatic N) is 1. The maximum atomic E-state index is 6.30. The third kappa shape index (κ3) is 4.99. The quantitative estimate of drug-likeness (QED) is 0.809. The molecule has 0 saturated carbocycles. The lowest BCUT2D eigenvalue weighted by Crippen LogP contribution is -2.34. The van der Waals surface area contributed by atoms with E-state index in [1.165, 1.54) is 5.56 Å². The van der Waals surface area contributed by atoms with Crippen molar-refractivity contribution in [3.8, 4) is 0 Å². The van der Waals surface area contributed by atoms with Crippen LogP contribution in [0.3, 0.4) is 0 Å². The van der Waals surface area contributed by atoms with Crippen LogP contribution in [0.5, 0.6) is 0 Å². The lowest BCUT2D eigenvalue weighted by Gasteiger charge is -2.19. The molecule has 1 aromatic carbocycles. The molecule has 2 nitrogen and oxygen atoms in total. The molecule has 1 aromatic heterocycles. The van der Waals surface area contributed by atoms with Gasteiger partial charge in [-0.1, -0.05) is 48.3 Å². The fourth-order valence-electron chi connectivity index (χ4n) is 2.34. The molecule has 112 valence electrons. The molecule has 0 spiro atoms. The summed E-state index contributed by atoms with van der Waals surface area (Å²) in [5.74, 6) is 0. The molecule has 2 rings (SSSR count). The molecule has 0 radical (unpaired) electrons. The van der Waals surface area contributed by atoms with Crippen molar-refractivity contribution in [1.82, 2.24) is 10.3 Å². The van der Waals surface area contributed by atoms with E-state index in [1.54, 1.807) is 6.20 Å². The van der Waals surface area contributed by atoms with E-state index in [9.17, 15) is 0 Å². The van der Waals surface area contributed by atoms with Crippen LogP contribution in [0.1, 0.15) is 24.5 Å². The second-order valence-electron chi connectivity index (χ2n) is 5.13. The summed E-state index contributed by atoms with van der Waals surface area (Å²) >= 11 is 12.4. The molecule has 21 heavy (non-hydrogen) atoms. The summed E-state index contributed by atoms with van der Waals surface area (Å²) in [6, 6.07) is 10.2. The number of halogens is 2. The van der Waals surface area contributed by atoms with Crippen molar-refractivity contribution in [2.75, 3.05) is 6.54 Å². The number of nitrogens with one attached hydrogen (secondary N) is 1. The fraction of sp³-hybridized carbons (Fsp3) is 0.353. The first kappa shape index (κ1) is 16.3. The molecule has 0 bridgehead atoms. The van der Waals surface area contributed by atoms with Crippen LogP contribution in [0, 0.1) is 0 Å². The van der Waals surface area contributed by atoms with Crippen LogP contribution in [-0.2, 0) is 12.8 Å². The highest BCUT2D eigenvalue weighted by atomic mass is 35.5. The van der Waals surface area contributed by atoms with Gasteiger partial charge in [-0.2, -0.15) is 0 Å². The molecule has 4 heteroatoms. The van der Waals surface area contributed by atoms with Crippen molar-refractivity contribution in [3.63, 3.8) is 0 Å². The molecular formula is C17H20Cl2N2. The number of aromatic nitrogens is 1. The normalized spacial score (nSPS) is 12.3. The summed E-state index contributed by atoms with van der Waals surface area (Å²) in [6.45, 7) is 3.16. The first-order chi connectivity index (χ1) is 10.2. The number of hydrogen-bond donors (Lipinski definition) is 1. The molecule has 0 amide bonds. The highest BCUT2D eigenvalue weighted by Gasteiger charge is 2.13. The first-order valence-corrected chi connectivity index (χ1v) is 8.01. The lowest BCUT2D eigenvalue weighted by molar-refractivity contribution is 0.504. The van der Waals surface area contributed by atoms with Crippen molar-refractivity contribution in [2.45, 2.75) is 32.2 Å². The fourth-order valence-corrected chi connectivity index (χ4v) is 2.74. The van der Waals surface area contributed by atoms with Gasteiger partial charge in [0.05, 0.1) is 10.0 Å². The summed E-state index contributed by atoms with van der Waals surface area (Å²) in [5.41, 5.74) is 2.31. The van der Waals surface area contributed by atoms with Crippen molar-refractivity contribution in [3.05, 3.63) is 63.9 Å². The van der Waals surface area contributed by atoms with Gasteiger partial charge in [-0.05, 0) is 49.1 Å². The highest BCUT2D eigenvalue weighted by Crippen LogP contribution is 2.26. The highest BCUT2D eigenvalue weighted by molar-refractivity contribution is 6.42. The van der Waals surface area contributed by atoms with E-state index >= 15 is 0 Å². The number of pyridine rings is 1. The average molecular weight is 323 g/mol. The smallest absolute Gasteiger partial charge is 0.0624 e. The van der Waals surface area contributed by atoms with Crippen molar-refractivity contribution < 1.29 is 0 Å². The van der Waals surface area contributed by atoms with Crippen LogP contribution in [0.25, 0.3) is 0 Å². The molecule has 1 unspecified atom stereocenters. The third-order valence-electron chi connectivity index (χ3n) is 3.39. The molecule has 0 fully saturated rings. The Balaban J connectivity index is 2.10. The minimum Gasteiger partial charge on any atom is -0.313 e. The minimum absolute atomic E-state index is 0.324. The Hall–Kier alpha value is -1.09. The number of benzene rings is 1. The van der Waals surface area contributed by atoms with Gasteiger partial charge in [-0.25, -0.2) is 0 Å². The molecule has 0 aliphatic heterocycles. The predicted molar refractivity (Wildman–Crippen MR) is 90.2 cm³/mol. The van der Waals surface area contributed by atoms with Crippen LogP contribution in [0.2, 0.25) is 10.0 Å². The van der Waals surface area contributed by atoms with Gasteiger partial charge in [0, 0.05) is 18.4 Å². The molecule has 1 atom stereocenters.